The zero-order valence-electron chi connectivity index (χ0n) is 13.2. The van der Waals surface area contributed by atoms with E-state index < -0.39 is 17.4 Å². The van der Waals surface area contributed by atoms with Crippen LogP contribution in [0.5, 0.6) is 0 Å². The second kappa shape index (κ2) is 7.17. The number of likely N-dealkylation sites (tertiary alicyclic amines) is 1. The molecule has 0 aromatic carbocycles. The van der Waals surface area contributed by atoms with Crippen LogP contribution in [0.4, 0.5) is 9.18 Å². The summed E-state index contributed by atoms with van der Waals surface area (Å²) in [4.78, 5) is 25.4. The van der Waals surface area contributed by atoms with Crippen LogP contribution in [0.1, 0.15) is 27.7 Å². The summed E-state index contributed by atoms with van der Waals surface area (Å²) in [6.45, 7) is 10.5. The molecule has 0 atom stereocenters. The van der Waals surface area contributed by atoms with E-state index in [4.69, 9.17) is 4.74 Å². The zero-order valence-corrected chi connectivity index (χ0v) is 15.6. The highest BCUT2D eigenvalue weighted by Gasteiger charge is 2.49. The van der Waals surface area contributed by atoms with E-state index in [0.29, 0.717) is 4.91 Å². The van der Waals surface area contributed by atoms with Crippen molar-refractivity contribution in [3.63, 3.8) is 0 Å². The van der Waals surface area contributed by atoms with E-state index in [9.17, 15) is 14.0 Å². The lowest BCUT2D eigenvalue weighted by Gasteiger charge is -2.45. The maximum atomic E-state index is 14.7. The quantitative estimate of drug-likeness (QED) is 0.521. The summed E-state index contributed by atoms with van der Waals surface area (Å²) in [5.74, 6) is -0.124. The summed E-state index contributed by atoms with van der Waals surface area (Å²) in [5, 5.41) is 0.177. The van der Waals surface area contributed by atoms with Gasteiger partial charge in [0.05, 0.1) is 23.3 Å². The van der Waals surface area contributed by atoms with Gasteiger partial charge in [-0.3, -0.25) is 4.79 Å². The number of nitrogens with zero attached hydrogens (tertiary/aromatic N) is 1. The average molecular weight is 394 g/mol. The summed E-state index contributed by atoms with van der Waals surface area (Å²) >= 11 is 4.11. The third kappa shape index (κ3) is 4.84. The highest BCUT2D eigenvalue weighted by molar-refractivity contribution is 9.09. The Balaban J connectivity index is 2.60. The number of carbonyl (C=O) groups is 2. The van der Waals surface area contributed by atoms with E-state index in [1.165, 1.54) is 4.90 Å². The van der Waals surface area contributed by atoms with Gasteiger partial charge in [-0.05, 0) is 27.7 Å². The number of ketones is 1. The van der Waals surface area contributed by atoms with Crippen molar-refractivity contribution in [2.45, 2.75) is 39.0 Å². The van der Waals surface area contributed by atoms with Crippen LogP contribution < -0.4 is 0 Å². The van der Waals surface area contributed by atoms with Crippen molar-refractivity contribution in [2.75, 3.05) is 18.4 Å². The van der Waals surface area contributed by atoms with Gasteiger partial charge in [-0.1, -0.05) is 40.3 Å². The van der Waals surface area contributed by atoms with Crippen LogP contribution in [-0.2, 0) is 9.53 Å². The summed E-state index contributed by atoms with van der Waals surface area (Å²) in [6.07, 6.45) is 1.09. The number of hydrogen-bond donors (Lipinski definition) is 0. The van der Waals surface area contributed by atoms with E-state index in [1.807, 2.05) is 0 Å². The normalized spacial score (nSPS) is 17.7. The van der Waals surface area contributed by atoms with E-state index in [1.54, 1.807) is 33.8 Å². The molecule has 0 unspecified atom stereocenters. The molecule has 1 aliphatic rings. The number of amides is 1. The lowest BCUT2D eigenvalue weighted by Crippen LogP contribution is -2.62. The standard InChI is InChI=1S/C15H21BrFNO3S/c1-6-12(11(19)7-16)22-10(2)15(17)8-18(9-15)13(20)21-14(3,4)5/h6H,2,7-9H2,1,3-5H3/b12-6-. The number of ether oxygens (including phenoxy) is 1. The summed E-state index contributed by atoms with van der Waals surface area (Å²) < 4.78 is 19.9. The largest absolute Gasteiger partial charge is 0.444 e. The van der Waals surface area contributed by atoms with E-state index in [-0.39, 0.29) is 29.1 Å². The first-order chi connectivity index (χ1) is 10.0. The monoisotopic (exact) mass is 393 g/mol. The van der Waals surface area contributed by atoms with Gasteiger partial charge < -0.3 is 9.64 Å². The van der Waals surface area contributed by atoms with Gasteiger partial charge in [0.2, 0.25) is 0 Å². The molecule has 0 N–H and O–H groups in total. The van der Waals surface area contributed by atoms with Gasteiger partial charge in [0.15, 0.2) is 11.5 Å². The Morgan fingerprint density at radius 3 is 2.41 bits per heavy atom. The Morgan fingerprint density at radius 2 is 2.00 bits per heavy atom. The number of thioether (sulfide) groups is 1. The molecule has 1 fully saturated rings. The maximum absolute atomic E-state index is 14.7. The molecular weight excluding hydrogens is 373 g/mol. The molecule has 1 saturated heterocycles. The van der Waals surface area contributed by atoms with Gasteiger partial charge in [-0.25, -0.2) is 9.18 Å². The Hall–Kier alpha value is -0.820. The van der Waals surface area contributed by atoms with Crippen LogP contribution in [0, 0.1) is 0 Å². The molecule has 0 aliphatic carbocycles. The molecule has 1 aliphatic heterocycles. The lowest BCUT2D eigenvalue weighted by atomic mass is 9.97. The molecular formula is C15H21BrFNO3S. The number of alkyl halides is 2. The molecule has 0 spiro atoms. The third-order valence-electron chi connectivity index (χ3n) is 2.93. The summed E-state index contributed by atoms with van der Waals surface area (Å²) in [7, 11) is 0. The van der Waals surface area contributed by atoms with Crippen LogP contribution in [0.15, 0.2) is 22.5 Å². The van der Waals surface area contributed by atoms with Crippen LogP contribution in [0.2, 0.25) is 0 Å². The fourth-order valence-corrected chi connectivity index (χ4v) is 3.13. The fraction of sp³-hybridized carbons (Fsp3) is 0.600. The van der Waals surface area contributed by atoms with E-state index >= 15 is 0 Å². The van der Waals surface area contributed by atoms with Crippen LogP contribution in [0.3, 0.4) is 0 Å². The third-order valence-corrected chi connectivity index (χ3v) is 4.73. The van der Waals surface area contributed by atoms with Crippen molar-refractivity contribution in [2.24, 2.45) is 0 Å². The van der Waals surface area contributed by atoms with Gasteiger partial charge >= 0.3 is 6.09 Å². The second-order valence-corrected chi connectivity index (χ2v) is 7.73. The smallest absolute Gasteiger partial charge is 0.410 e. The highest BCUT2D eigenvalue weighted by Crippen LogP contribution is 2.41. The van der Waals surface area contributed by atoms with Crippen LogP contribution in [-0.4, -0.2) is 46.5 Å². The molecule has 1 amide bonds. The molecule has 7 heteroatoms. The topological polar surface area (TPSA) is 46.6 Å². The Bertz CT molecular complexity index is 507. The molecule has 124 valence electrons. The van der Waals surface area contributed by atoms with Gasteiger partial charge in [0.25, 0.3) is 0 Å². The van der Waals surface area contributed by atoms with Crippen molar-refractivity contribution in [1.82, 2.24) is 4.90 Å². The number of rotatable bonds is 5. The lowest BCUT2D eigenvalue weighted by molar-refractivity contribution is -0.112. The first-order valence-corrected chi connectivity index (χ1v) is 8.76. The van der Waals surface area contributed by atoms with Gasteiger partial charge in [-0.2, -0.15) is 0 Å². The molecule has 0 radical (unpaired) electrons. The summed E-state index contributed by atoms with van der Waals surface area (Å²) in [5.41, 5.74) is -2.31. The van der Waals surface area contributed by atoms with Crippen molar-refractivity contribution in [1.29, 1.82) is 0 Å². The average Bonchev–Trinajstić information content (AvgIpc) is 2.37. The minimum atomic E-state index is -1.69. The molecule has 0 aromatic heterocycles. The zero-order chi connectivity index (χ0) is 17.1. The van der Waals surface area contributed by atoms with E-state index in [0.717, 1.165) is 11.8 Å². The van der Waals surface area contributed by atoms with Gasteiger partial charge in [0.1, 0.15) is 5.60 Å². The molecule has 4 nitrogen and oxygen atoms in total. The fourth-order valence-electron chi connectivity index (χ4n) is 1.76. The number of carbonyl (C=O) groups excluding carboxylic acids is 2. The van der Waals surface area contributed by atoms with Crippen molar-refractivity contribution >= 4 is 39.6 Å². The Morgan fingerprint density at radius 1 is 1.45 bits per heavy atom. The first-order valence-electron chi connectivity index (χ1n) is 6.82. The highest BCUT2D eigenvalue weighted by atomic mass is 79.9. The van der Waals surface area contributed by atoms with Gasteiger partial charge in [0, 0.05) is 4.91 Å². The van der Waals surface area contributed by atoms with Crippen molar-refractivity contribution in [3.8, 4) is 0 Å². The number of Topliss-reactive ketones (excluding diaryl/α,β-unsaturated/α-hetero) is 1. The predicted molar refractivity (Wildman–Crippen MR) is 90.9 cm³/mol. The number of allylic oxidation sites excluding steroid dienone is 2. The predicted octanol–water partition coefficient (Wildman–Crippen LogP) is 4.06. The Labute approximate surface area is 143 Å². The number of hydrogen-bond acceptors (Lipinski definition) is 4. The van der Waals surface area contributed by atoms with Gasteiger partial charge in [-0.15, -0.1) is 0 Å². The molecule has 1 rings (SSSR count). The second-order valence-electron chi connectivity index (χ2n) is 6.04. The summed E-state index contributed by atoms with van der Waals surface area (Å²) in [6, 6.07) is 0. The van der Waals surface area contributed by atoms with E-state index in [2.05, 4.69) is 22.5 Å². The molecule has 1 heterocycles. The SMILES string of the molecule is C=C(S/C(=C\C)C(=O)CBr)C1(F)CN(C(=O)OC(C)(C)C)C1. The molecule has 0 aromatic rings. The minimum absolute atomic E-state index is 0.104. The minimum Gasteiger partial charge on any atom is -0.444 e. The number of halogens is 2. The maximum Gasteiger partial charge on any atom is 0.410 e. The molecule has 0 bridgehead atoms. The van der Waals surface area contributed by atoms with Crippen molar-refractivity contribution in [3.05, 3.63) is 22.5 Å². The van der Waals surface area contributed by atoms with Crippen LogP contribution >= 0.6 is 27.7 Å². The molecule has 22 heavy (non-hydrogen) atoms. The molecule has 0 saturated carbocycles. The Kier molecular flexibility index (Phi) is 6.27. The first kappa shape index (κ1) is 19.2. The van der Waals surface area contributed by atoms with Crippen LogP contribution in [0.25, 0.3) is 0 Å². The van der Waals surface area contributed by atoms with Crippen molar-refractivity contribution < 1.29 is 18.7 Å².